The lowest BCUT2D eigenvalue weighted by atomic mass is 9.77. The standard InChI is InChI=1S/C48H32N2OS/c1-2-13-32(14-3-1)44-47-45(37-19-8-9-23-42(37)52-47)50-48(49-44)38-21-11-22-41-43(38)40-28-39(35-17-6-7-18-36(35)46(40)51-41)31-26-24-30(25-27-31)34-20-10-15-29-12-4-5-16-33(29)34/h1-9,11-14,16-28,40,46H,10,15H2. The minimum atomic E-state index is -0.126. The molecule has 2 aromatic heterocycles. The number of thiophene rings is 1. The van der Waals surface area contributed by atoms with Crippen LogP contribution in [0.1, 0.15) is 57.4 Å². The summed E-state index contributed by atoms with van der Waals surface area (Å²) >= 11 is 1.76. The van der Waals surface area contributed by atoms with E-state index in [-0.39, 0.29) is 12.0 Å². The van der Waals surface area contributed by atoms with Crippen molar-refractivity contribution in [3.8, 4) is 28.4 Å². The smallest absolute Gasteiger partial charge is 0.160 e. The molecule has 3 heterocycles. The van der Waals surface area contributed by atoms with E-state index in [0.717, 1.165) is 62.4 Å². The Morgan fingerprint density at radius 2 is 1.33 bits per heavy atom. The van der Waals surface area contributed by atoms with Crippen molar-refractivity contribution in [2.75, 3.05) is 0 Å². The normalized spacial score (nSPS) is 17.1. The lowest BCUT2D eigenvalue weighted by molar-refractivity contribution is 0.223. The molecule has 52 heavy (non-hydrogen) atoms. The van der Waals surface area contributed by atoms with Gasteiger partial charge in [0.15, 0.2) is 5.82 Å². The minimum absolute atomic E-state index is 0.00222. The van der Waals surface area contributed by atoms with Gasteiger partial charge >= 0.3 is 0 Å². The number of nitrogens with zero attached hydrogens (tertiary/aromatic N) is 2. The number of aryl methyl sites for hydroxylation is 1. The van der Waals surface area contributed by atoms with Crippen molar-refractivity contribution in [2.45, 2.75) is 24.9 Å². The summed E-state index contributed by atoms with van der Waals surface area (Å²) in [6, 6.07) is 52.2. The Morgan fingerprint density at radius 3 is 2.21 bits per heavy atom. The van der Waals surface area contributed by atoms with E-state index >= 15 is 0 Å². The molecule has 3 aliphatic rings. The quantitative estimate of drug-likeness (QED) is 0.185. The topological polar surface area (TPSA) is 35.0 Å². The van der Waals surface area contributed by atoms with Gasteiger partial charge in [-0.1, -0.05) is 146 Å². The third-order valence-electron chi connectivity index (χ3n) is 11.0. The van der Waals surface area contributed by atoms with E-state index in [1.807, 2.05) is 0 Å². The summed E-state index contributed by atoms with van der Waals surface area (Å²) in [5.74, 6) is 1.63. The van der Waals surface area contributed by atoms with Gasteiger partial charge in [0.2, 0.25) is 0 Å². The van der Waals surface area contributed by atoms with Gasteiger partial charge in [-0.15, -0.1) is 11.3 Å². The predicted molar refractivity (Wildman–Crippen MR) is 214 cm³/mol. The molecule has 1 aliphatic heterocycles. The first-order valence-corrected chi connectivity index (χ1v) is 18.9. The van der Waals surface area contributed by atoms with Crippen molar-refractivity contribution in [3.05, 3.63) is 197 Å². The Labute approximate surface area is 306 Å². The fourth-order valence-electron chi connectivity index (χ4n) is 8.57. The molecule has 3 nitrogen and oxygen atoms in total. The van der Waals surface area contributed by atoms with Crippen LogP contribution in [0.25, 0.3) is 54.1 Å². The first-order chi connectivity index (χ1) is 25.8. The van der Waals surface area contributed by atoms with E-state index in [1.54, 1.807) is 11.3 Å². The van der Waals surface area contributed by atoms with E-state index in [4.69, 9.17) is 14.7 Å². The Bertz CT molecular complexity index is 2780. The van der Waals surface area contributed by atoms with Crippen molar-refractivity contribution in [1.82, 2.24) is 9.97 Å². The largest absolute Gasteiger partial charge is 0.484 e. The van der Waals surface area contributed by atoms with Crippen molar-refractivity contribution in [2.24, 2.45) is 0 Å². The van der Waals surface area contributed by atoms with Crippen LogP contribution < -0.4 is 4.74 Å². The molecule has 0 fully saturated rings. The number of ether oxygens (including phenoxy) is 1. The van der Waals surface area contributed by atoms with Crippen molar-refractivity contribution in [3.63, 3.8) is 0 Å². The molecule has 0 radical (unpaired) electrons. The van der Waals surface area contributed by atoms with Gasteiger partial charge in [-0.05, 0) is 63.9 Å². The molecule has 2 atom stereocenters. The fraction of sp³-hybridized carbons (Fsp3) is 0.0833. The van der Waals surface area contributed by atoms with Gasteiger partial charge in [0.05, 0.1) is 15.9 Å². The molecule has 2 aliphatic carbocycles. The van der Waals surface area contributed by atoms with Crippen LogP contribution in [0, 0.1) is 0 Å². The molecule has 246 valence electrons. The van der Waals surface area contributed by atoms with Crippen LogP contribution >= 0.6 is 11.3 Å². The Hall–Kier alpha value is -6.10. The second kappa shape index (κ2) is 11.7. The predicted octanol–water partition coefficient (Wildman–Crippen LogP) is 12.2. The Morgan fingerprint density at radius 1 is 0.596 bits per heavy atom. The summed E-state index contributed by atoms with van der Waals surface area (Å²) < 4.78 is 9.20. The molecule has 0 bridgehead atoms. The van der Waals surface area contributed by atoms with Crippen LogP contribution in [0.4, 0.5) is 0 Å². The molecule has 6 aromatic carbocycles. The molecule has 0 N–H and O–H groups in total. The number of allylic oxidation sites excluding steroid dienone is 1. The maximum atomic E-state index is 6.87. The van der Waals surface area contributed by atoms with Crippen LogP contribution in [-0.2, 0) is 6.42 Å². The molecule has 0 saturated carbocycles. The lowest BCUT2D eigenvalue weighted by Gasteiger charge is -2.28. The first kappa shape index (κ1) is 29.6. The zero-order valence-electron chi connectivity index (χ0n) is 28.3. The highest BCUT2D eigenvalue weighted by Gasteiger charge is 2.41. The Balaban J connectivity index is 1.06. The van der Waals surface area contributed by atoms with E-state index < -0.39 is 0 Å². The molecule has 0 amide bonds. The van der Waals surface area contributed by atoms with Crippen molar-refractivity contribution < 1.29 is 4.74 Å². The van der Waals surface area contributed by atoms with E-state index in [0.29, 0.717) is 0 Å². The van der Waals surface area contributed by atoms with Gasteiger partial charge in [-0.2, -0.15) is 0 Å². The van der Waals surface area contributed by atoms with Gasteiger partial charge in [-0.25, -0.2) is 9.97 Å². The van der Waals surface area contributed by atoms with Crippen LogP contribution in [0.3, 0.4) is 0 Å². The van der Waals surface area contributed by atoms with E-state index in [2.05, 4.69) is 158 Å². The number of hydrogen-bond donors (Lipinski definition) is 0. The van der Waals surface area contributed by atoms with Gasteiger partial charge in [0, 0.05) is 38.3 Å². The van der Waals surface area contributed by atoms with Gasteiger partial charge in [0.25, 0.3) is 0 Å². The third-order valence-corrected chi connectivity index (χ3v) is 12.1. The number of rotatable bonds is 4. The summed E-state index contributed by atoms with van der Waals surface area (Å²) in [5.41, 5.74) is 15.5. The molecule has 4 heteroatoms. The van der Waals surface area contributed by atoms with Crippen LogP contribution in [0.5, 0.6) is 5.75 Å². The number of hydrogen-bond acceptors (Lipinski definition) is 4. The van der Waals surface area contributed by atoms with E-state index in [1.165, 1.54) is 49.2 Å². The second-order valence-electron chi connectivity index (χ2n) is 13.9. The van der Waals surface area contributed by atoms with Crippen LogP contribution in [-0.4, -0.2) is 9.97 Å². The summed E-state index contributed by atoms with van der Waals surface area (Å²) in [5, 5.41) is 1.16. The number of fused-ring (bicyclic) bond motifs is 9. The highest BCUT2D eigenvalue weighted by molar-refractivity contribution is 7.26. The highest BCUT2D eigenvalue weighted by atomic mass is 32.1. The third kappa shape index (κ3) is 4.57. The summed E-state index contributed by atoms with van der Waals surface area (Å²) in [4.78, 5) is 10.7. The average molecular weight is 685 g/mol. The molecule has 0 saturated heterocycles. The lowest BCUT2D eigenvalue weighted by Crippen LogP contribution is -2.16. The molecule has 8 aromatic rings. The van der Waals surface area contributed by atoms with Crippen LogP contribution in [0.15, 0.2) is 158 Å². The monoisotopic (exact) mass is 684 g/mol. The first-order valence-electron chi connectivity index (χ1n) is 18.0. The van der Waals surface area contributed by atoms with Gasteiger partial charge in [-0.3, -0.25) is 0 Å². The summed E-state index contributed by atoms with van der Waals surface area (Å²) in [7, 11) is 0. The Kier molecular flexibility index (Phi) is 6.68. The van der Waals surface area contributed by atoms with Gasteiger partial charge in [0.1, 0.15) is 11.9 Å². The van der Waals surface area contributed by atoms with E-state index in [9.17, 15) is 0 Å². The highest BCUT2D eigenvalue weighted by Crippen LogP contribution is 2.55. The van der Waals surface area contributed by atoms with Crippen molar-refractivity contribution >= 4 is 42.8 Å². The summed E-state index contributed by atoms with van der Waals surface area (Å²) in [6.07, 6.45) is 6.88. The SMILES string of the molecule is C1=C(c2ccc(C3=CC4c5c(cccc5-c5nc(-c6ccccc6)c6sc7ccccc7c6n5)OC4c4ccccc43)cc2)c2ccccc2CC1. The molecule has 2 unspecified atom stereocenters. The maximum absolute atomic E-state index is 6.87. The number of benzene rings is 6. The second-order valence-corrected chi connectivity index (χ2v) is 14.9. The fourth-order valence-corrected chi connectivity index (χ4v) is 9.73. The van der Waals surface area contributed by atoms with Crippen molar-refractivity contribution in [1.29, 1.82) is 0 Å². The van der Waals surface area contributed by atoms with Gasteiger partial charge < -0.3 is 4.74 Å². The maximum Gasteiger partial charge on any atom is 0.160 e. The number of aromatic nitrogens is 2. The minimum Gasteiger partial charge on any atom is -0.484 e. The summed E-state index contributed by atoms with van der Waals surface area (Å²) in [6.45, 7) is 0. The molecular weight excluding hydrogens is 653 g/mol. The average Bonchev–Trinajstić information content (AvgIpc) is 3.79. The zero-order chi connectivity index (χ0) is 34.2. The zero-order valence-corrected chi connectivity index (χ0v) is 29.1. The molecular formula is C48H32N2OS. The van der Waals surface area contributed by atoms with Crippen LogP contribution in [0.2, 0.25) is 0 Å². The molecule has 0 spiro atoms. The molecule has 11 rings (SSSR count).